The van der Waals surface area contributed by atoms with Crippen LogP contribution in [0.2, 0.25) is 5.02 Å². The maximum absolute atomic E-state index is 6.09. The molecule has 0 fully saturated rings. The van der Waals surface area contributed by atoms with Crippen LogP contribution in [-0.4, -0.2) is 21.1 Å². The number of rotatable bonds is 3. The van der Waals surface area contributed by atoms with E-state index in [4.69, 9.17) is 11.6 Å². The zero-order valence-electron chi connectivity index (χ0n) is 12.7. The summed E-state index contributed by atoms with van der Waals surface area (Å²) < 4.78 is 2.05. The fourth-order valence-electron chi connectivity index (χ4n) is 3.07. The molecule has 0 aliphatic carbocycles. The Morgan fingerprint density at radius 1 is 1.09 bits per heavy atom. The van der Waals surface area contributed by atoms with E-state index >= 15 is 0 Å². The van der Waals surface area contributed by atoms with Gasteiger partial charge >= 0.3 is 0 Å². The van der Waals surface area contributed by atoms with Crippen LogP contribution in [0.1, 0.15) is 16.7 Å². The van der Waals surface area contributed by atoms with Crippen LogP contribution in [0.25, 0.3) is 0 Å². The second kappa shape index (κ2) is 6.05. The van der Waals surface area contributed by atoms with Crippen molar-refractivity contribution in [3.8, 4) is 0 Å². The van der Waals surface area contributed by atoms with Gasteiger partial charge < -0.3 is 9.47 Å². The summed E-state index contributed by atoms with van der Waals surface area (Å²) in [5.74, 6) is 0. The van der Waals surface area contributed by atoms with Crippen LogP contribution in [-0.2, 0) is 19.5 Å². The SMILES string of the molecule is Clc1ccc2c(c1)CCN(c1cncc(Cn3ccnc3)c1)C2. The molecule has 0 unspecified atom stereocenters. The molecular weight excluding hydrogens is 308 g/mol. The van der Waals surface area contributed by atoms with Crippen LogP contribution in [0.5, 0.6) is 0 Å². The first kappa shape index (κ1) is 14.3. The molecule has 0 bridgehead atoms. The minimum Gasteiger partial charge on any atom is -0.366 e. The molecule has 3 heterocycles. The van der Waals surface area contributed by atoms with Gasteiger partial charge in [-0.3, -0.25) is 4.98 Å². The minimum atomic E-state index is 0.793. The van der Waals surface area contributed by atoms with Gasteiger partial charge in [-0.15, -0.1) is 0 Å². The standard InChI is InChI=1S/C18H17ClN4/c19-17-2-1-16-12-23(5-3-15(16)8-17)18-7-14(9-21-10-18)11-22-6-4-20-13-22/h1-2,4,6-10,13H,3,5,11-12H2. The zero-order valence-corrected chi connectivity index (χ0v) is 13.4. The molecular formula is C18H17ClN4. The van der Waals surface area contributed by atoms with Crippen LogP contribution < -0.4 is 4.90 Å². The highest BCUT2D eigenvalue weighted by atomic mass is 35.5. The predicted molar refractivity (Wildman–Crippen MR) is 91.8 cm³/mol. The van der Waals surface area contributed by atoms with Crippen molar-refractivity contribution >= 4 is 17.3 Å². The van der Waals surface area contributed by atoms with E-state index in [1.165, 1.54) is 22.4 Å². The predicted octanol–water partition coefficient (Wildman–Crippen LogP) is 3.54. The van der Waals surface area contributed by atoms with Crippen LogP contribution in [0.3, 0.4) is 0 Å². The summed E-state index contributed by atoms with van der Waals surface area (Å²) >= 11 is 6.09. The fourth-order valence-corrected chi connectivity index (χ4v) is 3.26. The molecule has 5 heteroatoms. The van der Waals surface area contributed by atoms with Crippen molar-refractivity contribution in [3.05, 3.63) is 77.1 Å². The Balaban J connectivity index is 1.55. The molecule has 0 amide bonds. The van der Waals surface area contributed by atoms with Gasteiger partial charge in [-0.05, 0) is 41.3 Å². The highest BCUT2D eigenvalue weighted by molar-refractivity contribution is 6.30. The average molecular weight is 325 g/mol. The van der Waals surface area contributed by atoms with Gasteiger partial charge in [0.05, 0.1) is 24.8 Å². The molecule has 4 rings (SSSR count). The van der Waals surface area contributed by atoms with Gasteiger partial charge in [0.1, 0.15) is 0 Å². The fraction of sp³-hybridized carbons (Fsp3) is 0.222. The van der Waals surface area contributed by atoms with Gasteiger partial charge in [-0.25, -0.2) is 4.98 Å². The largest absolute Gasteiger partial charge is 0.366 e. The van der Waals surface area contributed by atoms with Crippen molar-refractivity contribution in [1.82, 2.24) is 14.5 Å². The lowest BCUT2D eigenvalue weighted by Gasteiger charge is -2.30. The molecule has 4 nitrogen and oxygen atoms in total. The monoisotopic (exact) mass is 324 g/mol. The first-order valence-electron chi connectivity index (χ1n) is 7.70. The zero-order chi connectivity index (χ0) is 15.6. The van der Waals surface area contributed by atoms with Crippen molar-refractivity contribution in [2.45, 2.75) is 19.5 Å². The maximum atomic E-state index is 6.09. The smallest absolute Gasteiger partial charge is 0.0949 e. The molecule has 3 aromatic rings. The highest BCUT2D eigenvalue weighted by Crippen LogP contribution is 2.26. The second-order valence-electron chi connectivity index (χ2n) is 5.87. The Morgan fingerprint density at radius 2 is 2.04 bits per heavy atom. The number of pyridine rings is 1. The summed E-state index contributed by atoms with van der Waals surface area (Å²) in [6.45, 7) is 2.69. The Bertz CT molecular complexity index is 814. The number of benzene rings is 1. The van der Waals surface area contributed by atoms with Crippen LogP contribution in [0, 0.1) is 0 Å². The number of fused-ring (bicyclic) bond motifs is 1. The van der Waals surface area contributed by atoms with Crippen molar-refractivity contribution in [2.75, 3.05) is 11.4 Å². The number of aromatic nitrogens is 3. The highest BCUT2D eigenvalue weighted by Gasteiger charge is 2.17. The van der Waals surface area contributed by atoms with Gasteiger partial charge in [0, 0.05) is 36.7 Å². The summed E-state index contributed by atoms with van der Waals surface area (Å²) in [5, 5.41) is 0.821. The number of imidazole rings is 1. The normalized spacial score (nSPS) is 13.9. The lowest BCUT2D eigenvalue weighted by molar-refractivity contribution is 0.726. The van der Waals surface area contributed by atoms with Crippen molar-refractivity contribution in [3.63, 3.8) is 0 Å². The number of hydrogen-bond donors (Lipinski definition) is 0. The van der Waals surface area contributed by atoms with Crippen molar-refractivity contribution in [2.24, 2.45) is 0 Å². The molecule has 0 N–H and O–H groups in total. The summed E-state index contributed by atoms with van der Waals surface area (Å²) in [5.41, 5.74) is 5.06. The lowest BCUT2D eigenvalue weighted by atomic mass is 9.99. The average Bonchev–Trinajstić information content (AvgIpc) is 3.07. The Morgan fingerprint density at radius 3 is 2.91 bits per heavy atom. The van der Waals surface area contributed by atoms with Gasteiger partial charge in [0.2, 0.25) is 0 Å². The molecule has 1 aliphatic rings. The molecule has 0 radical (unpaired) electrons. The molecule has 0 saturated heterocycles. The van der Waals surface area contributed by atoms with E-state index in [0.29, 0.717) is 0 Å². The third-order valence-electron chi connectivity index (χ3n) is 4.25. The van der Waals surface area contributed by atoms with E-state index in [-0.39, 0.29) is 0 Å². The molecule has 0 saturated carbocycles. The van der Waals surface area contributed by atoms with Crippen LogP contribution >= 0.6 is 11.6 Å². The first-order chi connectivity index (χ1) is 11.3. The summed E-state index contributed by atoms with van der Waals surface area (Å²) in [6, 6.07) is 8.40. The van der Waals surface area contributed by atoms with Crippen LogP contribution in [0.15, 0.2) is 55.4 Å². The van der Waals surface area contributed by atoms with Crippen molar-refractivity contribution in [1.29, 1.82) is 0 Å². The number of nitrogens with zero attached hydrogens (tertiary/aromatic N) is 4. The Labute approximate surface area is 140 Å². The molecule has 116 valence electrons. The molecule has 2 aromatic heterocycles. The summed E-state index contributed by atoms with van der Waals surface area (Å²) in [7, 11) is 0. The topological polar surface area (TPSA) is 34.0 Å². The molecule has 23 heavy (non-hydrogen) atoms. The quantitative estimate of drug-likeness (QED) is 0.739. The molecule has 1 aromatic carbocycles. The third kappa shape index (κ3) is 3.08. The molecule has 0 atom stereocenters. The minimum absolute atomic E-state index is 0.793. The summed E-state index contributed by atoms with van der Waals surface area (Å²) in [4.78, 5) is 10.9. The van der Waals surface area contributed by atoms with E-state index in [9.17, 15) is 0 Å². The van der Waals surface area contributed by atoms with E-state index in [1.54, 1.807) is 6.20 Å². The number of anilines is 1. The second-order valence-corrected chi connectivity index (χ2v) is 6.31. The van der Waals surface area contributed by atoms with Gasteiger partial charge in [-0.2, -0.15) is 0 Å². The summed E-state index contributed by atoms with van der Waals surface area (Å²) in [6.07, 6.45) is 10.5. The number of halogens is 1. The maximum Gasteiger partial charge on any atom is 0.0949 e. The van der Waals surface area contributed by atoms with Crippen LogP contribution in [0.4, 0.5) is 5.69 Å². The van der Waals surface area contributed by atoms with Gasteiger partial charge in [0.15, 0.2) is 0 Å². The van der Waals surface area contributed by atoms with E-state index in [0.717, 1.165) is 31.1 Å². The third-order valence-corrected chi connectivity index (χ3v) is 4.49. The van der Waals surface area contributed by atoms with E-state index < -0.39 is 0 Å². The first-order valence-corrected chi connectivity index (χ1v) is 8.08. The van der Waals surface area contributed by atoms with Crippen molar-refractivity contribution < 1.29 is 0 Å². The Kier molecular flexibility index (Phi) is 3.75. The van der Waals surface area contributed by atoms with E-state index in [1.807, 2.05) is 35.6 Å². The Hall–Kier alpha value is -2.33. The number of hydrogen-bond acceptors (Lipinski definition) is 3. The molecule has 0 spiro atoms. The van der Waals surface area contributed by atoms with Gasteiger partial charge in [-0.1, -0.05) is 17.7 Å². The molecule has 1 aliphatic heterocycles. The van der Waals surface area contributed by atoms with Gasteiger partial charge in [0.25, 0.3) is 0 Å². The van der Waals surface area contributed by atoms with E-state index in [2.05, 4.69) is 33.1 Å². The lowest BCUT2D eigenvalue weighted by Crippen LogP contribution is -2.30.